The van der Waals surface area contributed by atoms with Crippen molar-refractivity contribution in [3.63, 3.8) is 0 Å². The van der Waals surface area contributed by atoms with E-state index < -0.39 is 0 Å². The molecule has 1 N–H and O–H groups in total. The van der Waals surface area contributed by atoms with Crippen LogP contribution in [0.4, 0.5) is 5.69 Å². The van der Waals surface area contributed by atoms with Gasteiger partial charge in [0.15, 0.2) is 0 Å². The quantitative estimate of drug-likeness (QED) is 0.641. The third kappa shape index (κ3) is 6.14. The molecule has 2 aromatic carbocycles. The molecule has 1 amide bonds. The minimum absolute atomic E-state index is 0.165. The van der Waals surface area contributed by atoms with E-state index in [2.05, 4.69) is 26.1 Å². The first-order valence-corrected chi connectivity index (χ1v) is 8.86. The van der Waals surface area contributed by atoms with Gasteiger partial charge in [0, 0.05) is 5.56 Å². The number of unbranched alkanes of at least 4 members (excludes halogenated alkanes) is 1. The van der Waals surface area contributed by atoms with Gasteiger partial charge in [-0.05, 0) is 48.7 Å². The zero-order chi connectivity index (χ0) is 18.1. The van der Waals surface area contributed by atoms with Crippen molar-refractivity contribution < 1.29 is 14.3 Å². The van der Waals surface area contributed by atoms with Crippen molar-refractivity contribution in [3.8, 4) is 11.5 Å². The lowest BCUT2D eigenvalue weighted by Crippen LogP contribution is -2.13. The van der Waals surface area contributed by atoms with E-state index in [4.69, 9.17) is 9.47 Å². The molecule has 0 radical (unpaired) electrons. The van der Waals surface area contributed by atoms with E-state index >= 15 is 0 Å². The van der Waals surface area contributed by atoms with Gasteiger partial charge in [0.2, 0.25) is 0 Å². The highest BCUT2D eigenvalue weighted by molar-refractivity contribution is 6.05. The smallest absolute Gasteiger partial charge is 0.255 e. The third-order valence-corrected chi connectivity index (χ3v) is 3.59. The molecule has 0 aromatic heterocycles. The van der Waals surface area contributed by atoms with Crippen LogP contribution in [-0.4, -0.2) is 19.1 Å². The van der Waals surface area contributed by atoms with Gasteiger partial charge in [-0.15, -0.1) is 0 Å². The predicted molar refractivity (Wildman–Crippen MR) is 102 cm³/mol. The molecular weight excluding hydrogens is 314 g/mol. The Morgan fingerprint density at radius 2 is 1.76 bits per heavy atom. The summed E-state index contributed by atoms with van der Waals surface area (Å²) in [5.41, 5.74) is 1.27. The van der Waals surface area contributed by atoms with Crippen LogP contribution in [-0.2, 0) is 0 Å². The summed E-state index contributed by atoms with van der Waals surface area (Å²) in [5, 5.41) is 2.92. The average molecular weight is 341 g/mol. The van der Waals surface area contributed by atoms with E-state index in [1.807, 2.05) is 36.4 Å². The average Bonchev–Trinajstić information content (AvgIpc) is 2.62. The summed E-state index contributed by atoms with van der Waals surface area (Å²) < 4.78 is 11.4. The second-order valence-corrected chi connectivity index (χ2v) is 6.38. The summed E-state index contributed by atoms with van der Waals surface area (Å²) in [4.78, 5) is 12.5. The van der Waals surface area contributed by atoms with Crippen LogP contribution < -0.4 is 14.8 Å². The van der Waals surface area contributed by atoms with Crippen LogP contribution in [0.2, 0.25) is 0 Å². The van der Waals surface area contributed by atoms with Crippen LogP contribution >= 0.6 is 0 Å². The Morgan fingerprint density at radius 1 is 1.04 bits per heavy atom. The second kappa shape index (κ2) is 9.72. The molecule has 0 bridgehead atoms. The van der Waals surface area contributed by atoms with Crippen molar-refractivity contribution in [2.24, 2.45) is 5.92 Å². The van der Waals surface area contributed by atoms with Gasteiger partial charge in [0.1, 0.15) is 11.5 Å². The summed E-state index contributed by atoms with van der Waals surface area (Å²) in [6, 6.07) is 14.7. The molecule has 0 aliphatic rings. The molecule has 0 heterocycles. The van der Waals surface area contributed by atoms with Gasteiger partial charge < -0.3 is 14.8 Å². The maximum Gasteiger partial charge on any atom is 0.255 e. The molecule has 0 spiro atoms. The Hall–Kier alpha value is -2.49. The first-order chi connectivity index (χ1) is 12.1. The number of amides is 1. The molecule has 4 heteroatoms. The highest BCUT2D eigenvalue weighted by atomic mass is 16.5. The lowest BCUT2D eigenvalue weighted by molar-refractivity contribution is 0.102. The molecule has 2 aromatic rings. The van der Waals surface area contributed by atoms with Crippen LogP contribution in [0.15, 0.2) is 48.5 Å². The Bertz CT molecular complexity index is 665. The van der Waals surface area contributed by atoms with E-state index in [9.17, 15) is 4.79 Å². The van der Waals surface area contributed by atoms with Crippen molar-refractivity contribution in [1.82, 2.24) is 0 Å². The van der Waals surface area contributed by atoms with E-state index in [1.54, 1.807) is 12.1 Å². The highest BCUT2D eigenvalue weighted by Crippen LogP contribution is 2.25. The number of para-hydroxylation sites is 2. The van der Waals surface area contributed by atoms with Crippen molar-refractivity contribution in [2.45, 2.75) is 33.6 Å². The monoisotopic (exact) mass is 341 g/mol. The van der Waals surface area contributed by atoms with E-state index in [1.165, 1.54) is 0 Å². The molecule has 0 saturated heterocycles. The molecule has 2 rings (SSSR count). The number of carbonyl (C=O) groups excluding carboxylic acids is 1. The van der Waals surface area contributed by atoms with Gasteiger partial charge in [-0.3, -0.25) is 4.79 Å². The number of carbonyl (C=O) groups is 1. The van der Waals surface area contributed by atoms with Crippen LogP contribution in [0.3, 0.4) is 0 Å². The molecule has 0 atom stereocenters. The number of benzene rings is 2. The fourth-order valence-electron chi connectivity index (χ4n) is 2.18. The van der Waals surface area contributed by atoms with Gasteiger partial charge in [-0.2, -0.15) is 0 Å². The zero-order valence-corrected chi connectivity index (χ0v) is 15.2. The predicted octanol–water partition coefficient (Wildman–Crippen LogP) is 5.15. The van der Waals surface area contributed by atoms with Crippen molar-refractivity contribution in [1.29, 1.82) is 0 Å². The fourth-order valence-corrected chi connectivity index (χ4v) is 2.18. The maximum atomic E-state index is 12.5. The van der Waals surface area contributed by atoms with Gasteiger partial charge in [-0.25, -0.2) is 0 Å². The van der Waals surface area contributed by atoms with Gasteiger partial charge in [0.05, 0.1) is 18.9 Å². The van der Waals surface area contributed by atoms with Crippen LogP contribution in [0.1, 0.15) is 44.0 Å². The Kier molecular flexibility index (Phi) is 7.33. The standard InChI is InChI=1S/C21H27NO3/c1-4-5-14-24-20-9-7-6-8-19(20)22-21(23)17-10-12-18(13-11-17)25-15-16(2)3/h6-13,16H,4-5,14-15H2,1-3H3,(H,22,23). The van der Waals surface area contributed by atoms with Crippen LogP contribution in [0.25, 0.3) is 0 Å². The van der Waals surface area contributed by atoms with Gasteiger partial charge >= 0.3 is 0 Å². The number of nitrogens with one attached hydrogen (secondary N) is 1. The molecule has 0 aliphatic carbocycles. The van der Waals surface area contributed by atoms with Gasteiger partial charge in [-0.1, -0.05) is 39.3 Å². The lowest BCUT2D eigenvalue weighted by Gasteiger charge is -2.13. The van der Waals surface area contributed by atoms with Crippen molar-refractivity contribution in [2.75, 3.05) is 18.5 Å². The summed E-state index contributed by atoms with van der Waals surface area (Å²) in [6.45, 7) is 7.62. The summed E-state index contributed by atoms with van der Waals surface area (Å²) in [6.07, 6.45) is 2.06. The van der Waals surface area contributed by atoms with Crippen LogP contribution in [0.5, 0.6) is 11.5 Å². The number of rotatable bonds is 9. The zero-order valence-electron chi connectivity index (χ0n) is 15.2. The van der Waals surface area contributed by atoms with Crippen LogP contribution in [0, 0.1) is 5.92 Å². The Balaban J connectivity index is 1.99. The summed E-state index contributed by atoms with van der Waals surface area (Å²) >= 11 is 0. The first kappa shape index (κ1) is 18.8. The number of anilines is 1. The Labute approximate surface area is 150 Å². The van der Waals surface area contributed by atoms with E-state index in [-0.39, 0.29) is 5.91 Å². The number of hydrogen-bond donors (Lipinski definition) is 1. The summed E-state index contributed by atoms with van der Waals surface area (Å²) in [7, 11) is 0. The van der Waals surface area contributed by atoms with Crippen molar-refractivity contribution >= 4 is 11.6 Å². The Morgan fingerprint density at radius 3 is 2.44 bits per heavy atom. The molecule has 4 nitrogen and oxygen atoms in total. The normalized spacial score (nSPS) is 10.6. The highest BCUT2D eigenvalue weighted by Gasteiger charge is 2.10. The molecular formula is C21H27NO3. The number of ether oxygens (including phenoxy) is 2. The molecule has 0 aliphatic heterocycles. The fraction of sp³-hybridized carbons (Fsp3) is 0.381. The molecule has 0 saturated carbocycles. The molecule has 134 valence electrons. The second-order valence-electron chi connectivity index (χ2n) is 6.38. The SMILES string of the molecule is CCCCOc1ccccc1NC(=O)c1ccc(OCC(C)C)cc1. The summed E-state index contributed by atoms with van der Waals surface area (Å²) in [5.74, 6) is 1.77. The lowest BCUT2D eigenvalue weighted by atomic mass is 10.2. The largest absolute Gasteiger partial charge is 0.493 e. The topological polar surface area (TPSA) is 47.6 Å². The van der Waals surface area contributed by atoms with Crippen molar-refractivity contribution in [3.05, 3.63) is 54.1 Å². The van der Waals surface area contributed by atoms with E-state index in [0.29, 0.717) is 36.1 Å². The van der Waals surface area contributed by atoms with E-state index in [0.717, 1.165) is 18.6 Å². The molecule has 0 fully saturated rings. The molecule has 0 unspecified atom stereocenters. The maximum absolute atomic E-state index is 12.5. The number of hydrogen-bond acceptors (Lipinski definition) is 3. The minimum atomic E-state index is -0.165. The minimum Gasteiger partial charge on any atom is -0.493 e. The molecule has 25 heavy (non-hydrogen) atoms. The third-order valence-electron chi connectivity index (χ3n) is 3.59. The van der Waals surface area contributed by atoms with Gasteiger partial charge in [0.25, 0.3) is 5.91 Å². The first-order valence-electron chi connectivity index (χ1n) is 8.86.